The van der Waals surface area contributed by atoms with Gasteiger partial charge in [0, 0.05) is 37.1 Å². The van der Waals surface area contributed by atoms with E-state index in [0.29, 0.717) is 11.4 Å². The molecule has 2 heterocycles. The van der Waals surface area contributed by atoms with E-state index in [1.807, 2.05) is 19.3 Å². The molecular formula is C14H13N5O2. The van der Waals surface area contributed by atoms with Gasteiger partial charge >= 0.3 is 0 Å². The van der Waals surface area contributed by atoms with Gasteiger partial charge in [-0.2, -0.15) is 5.10 Å². The van der Waals surface area contributed by atoms with E-state index in [9.17, 15) is 4.79 Å². The molecule has 3 rings (SSSR count). The first-order valence-corrected chi connectivity index (χ1v) is 6.26. The predicted octanol–water partition coefficient (Wildman–Crippen LogP) is 1.62. The van der Waals surface area contributed by atoms with Crippen molar-refractivity contribution in [3.05, 3.63) is 42.6 Å². The van der Waals surface area contributed by atoms with Gasteiger partial charge in [0.2, 0.25) is 0 Å². The number of rotatable bonds is 3. The molecule has 0 spiro atoms. The number of anilines is 1. The Morgan fingerprint density at radius 1 is 1.33 bits per heavy atom. The second-order valence-corrected chi connectivity index (χ2v) is 4.46. The average Bonchev–Trinajstić information content (AvgIpc) is 2.86. The van der Waals surface area contributed by atoms with Gasteiger partial charge in [0.25, 0.3) is 5.91 Å². The summed E-state index contributed by atoms with van der Waals surface area (Å²) >= 11 is 0. The van der Waals surface area contributed by atoms with E-state index in [2.05, 4.69) is 20.4 Å². The zero-order valence-electron chi connectivity index (χ0n) is 11.6. The fourth-order valence-corrected chi connectivity index (χ4v) is 2.05. The summed E-state index contributed by atoms with van der Waals surface area (Å²) in [6, 6.07) is 3.59. The number of hydrogen-bond acceptors (Lipinski definition) is 5. The molecule has 1 aromatic carbocycles. The van der Waals surface area contributed by atoms with Crippen LogP contribution in [0.25, 0.3) is 10.9 Å². The van der Waals surface area contributed by atoms with E-state index in [-0.39, 0.29) is 11.6 Å². The third kappa shape index (κ3) is 2.53. The number of ether oxygens (including phenoxy) is 1. The lowest BCUT2D eigenvalue weighted by molar-refractivity contribution is 0.102. The highest BCUT2D eigenvalue weighted by Crippen LogP contribution is 2.29. The highest BCUT2D eigenvalue weighted by molar-refractivity contribution is 6.04. The van der Waals surface area contributed by atoms with E-state index in [1.54, 1.807) is 17.9 Å². The number of aromatic nitrogens is 4. The van der Waals surface area contributed by atoms with Gasteiger partial charge in [-0.05, 0) is 6.07 Å². The molecule has 0 aliphatic carbocycles. The summed E-state index contributed by atoms with van der Waals surface area (Å²) in [7, 11) is 3.38. The third-order valence-electron chi connectivity index (χ3n) is 2.98. The SMILES string of the molecule is COc1cc2nn(C)cc2cc1NC(=O)c1cnccn1. The van der Waals surface area contributed by atoms with Crippen LogP contribution in [0.4, 0.5) is 5.69 Å². The molecule has 7 nitrogen and oxygen atoms in total. The first kappa shape index (κ1) is 13.0. The number of carbonyl (C=O) groups excluding carboxylic acids is 1. The van der Waals surface area contributed by atoms with Gasteiger partial charge in [0.05, 0.1) is 24.5 Å². The average molecular weight is 283 g/mol. The molecule has 106 valence electrons. The highest BCUT2D eigenvalue weighted by Gasteiger charge is 2.13. The maximum absolute atomic E-state index is 12.1. The highest BCUT2D eigenvalue weighted by atomic mass is 16.5. The number of aryl methyl sites for hydroxylation is 1. The summed E-state index contributed by atoms with van der Waals surface area (Å²) in [6.45, 7) is 0. The Morgan fingerprint density at radius 2 is 2.19 bits per heavy atom. The summed E-state index contributed by atoms with van der Waals surface area (Å²) in [6.07, 6.45) is 6.26. The first-order valence-electron chi connectivity index (χ1n) is 6.26. The minimum absolute atomic E-state index is 0.242. The van der Waals surface area contributed by atoms with Crippen LogP contribution in [0.15, 0.2) is 36.9 Å². The van der Waals surface area contributed by atoms with E-state index in [4.69, 9.17) is 4.74 Å². The molecular weight excluding hydrogens is 270 g/mol. The van der Waals surface area contributed by atoms with Crippen molar-refractivity contribution in [3.8, 4) is 5.75 Å². The molecule has 0 aliphatic heterocycles. The molecule has 0 unspecified atom stereocenters. The zero-order valence-corrected chi connectivity index (χ0v) is 11.6. The Bertz CT molecular complexity index is 798. The summed E-state index contributed by atoms with van der Waals surface area (Å²) in [5.41, 5.74) is 1.60. The zero-order chi connectivity index (χ0) is 14.8. The Hall–Kier alpha value is -2.96. The van der Waals surface area contributed by atoms with Crippen LogP contribution in [0.3, 0.4) is 0 Å². The molecule has 0 bridgehead atoms. The van der Waals surface area contributed by atoms with Gasteiger partial charge in [-0.25, -0.2) is 4.98 Å². The van der Waals surface area contributed by atoms with Crippen LogP contribution in [-0.2, 0) is 7.05 Å². The molecule has 0 saturated carbocycles. The van der Waals surface area contributed by atoms with Crippen molar-refractivity contribution < 1.29 is 9.53 Å². The van der Waals surface area contributed by atoms with Crippen LogP contribution in [-0.4, -0.2) is 32.8 Å². The molecule has 21 heavy (non-hydrogen) atoms. The molecule has 0 radical (unpaired) electrons. The standard InChI is InChI=1S/C14H13N5O2/c1-19-8-9-5-11(13(21-2)6-10(9)18-19)17-14(20)12-7-15-3-4-16-12/h3-8H,1-2H3,(H,17,20). The van der Waals surface area contributed by atoms with Crippen molar-refractivity contribution in [1.29, 1.82) is 0 Å². The summed E-state index contributed by atoms with van der Waals surface area (Å²) in [5, 5.41) is 7.99. The van der Waals surface area contributed by atoms with Gasteiger partial charge in [0.15, 0.2) is 0 Å². The second-order valence-electron chi connectivity index (χ2n) is 4.46. The van der Waals surface area contributed by atoms with Gasteiger partial charge < -0.3 is 10.1 Å². The minimum Gasteiger partial charge on any atom is -0.494 e. The number of amides is 1. The molecule has 3 aromatic rings. The number of carbonyl (C=O) groups is 1. The predicted molar refractivity (Wildman–Crippen MR) is 77.3 cm³/mol. The normalized spacial score (nSPS) is 10.6. The minimum atomic E-state index is -0.343. The van der Waals surface area contributed by atoms with Crippen molar-refractivity contribution in [2.24, 2.45) is 7.05 Å². The second kappa shape index (κ2) is 5.20. The van der Waals surface area contributed by atoms with Crippen molar-refractivity contribution in [2.45, 2.75) is 0 Å². The van der Waals surface area contributed by atoms with Gasteiger partial charge in [-0.15, -0.1) is 0 Å². The van der Waals surface area contributed by atoms with E-state index in [0.717, 1.165) is 10.9 Å². The molecule has 0 atom stereocenters. The van der Waals surface area contributed by atoms with Crippen LogP contribution in [0, 0.1) is 0 Å². The van der Waals surface area contributed by atoms with E-state index < -0.39 is 0 Å². The summed E-state index contributed by atoms with van der Waals surface area (Å²) < 4.78 is 7.01. The summed E-state index contributed by atoms with van der Waals surface area (Å²) in [5.74, 6) is 0.197. The Labute approximate surface area is 120 Å². The number of benzene rings is 1. The largest absolute Gasteiger partial charge is 0.494 e. The van der Waals surface area contributed by atoms with Crippen LogP contribution in [0.2, 0.25) is 0 Å². The van der Waals surface area contributed by atoms with Gasteiger partial charge in [0.1, 0.15) is 11.4 Å². The molecule has 0 aliphatic rings. The number of nitrogens with one attached hydrogen (secondary N) is 1. The third-order valence-corrected chi connectivity index (χ3v) is 2.98. The van der Waals surface area contributed by atoms with Crippen molar-refractivity contribution in [3.63, 3.8) is 0 Å². The smallest absolute Gasteiger partial charge is 0.275 e. The van der Waals surface area contributed by atoms with Crippen molar-refractivity contribution in [2.75, 3.05) is 12.4 Å². The van der Waals surface area contributed by atoms with Crippen LogP contribution in [0.5, 0.6) is 5.75 Å². The topological polar surface area (TPSA) is 81.9 Å². The fraction of sp³-hybridized carbons (Fsp3) is 0.143. The van der Waals surface area contributed by atoms with E-state index in [1.165, 1.54) is 18.6 Å². The Balaban J connectivity index is 1.97. The molecule has 0 saturated heterocycles. The lowest BCUT2D eigenvalue weighted by atomic mass is 10.2. The summed E-state index contributed by atoms with van der Waals surface area (Å²) in [4.78, 5) is 20.0. The van der Waals surface area contributed by atoms with Gasteiger partial charge in [-0.3, -0.25) is 14.5 Å². The molecule has 1 N–H and O–H groups in total. The van der Waals surface area contributed by atoms with E-state index >= 15 is 0 Å². The Kier molecular flexibility index (Phi) is 3.23. The number of fused-ring (bicyclic) bond motifs is 1. The van der Waals surface area contributed by atoms with Crippen LogP contribution < -0.4 is 10.1 Å². The number of methoxy groups -OCH3 is 1. The lowest BCUT2D eigenvalue weighted by Gasteiger charge is -2.09. The first-order chi connectivity index (χ1) is 10.2. The van der Waals surface area contributed by atoms with Crippen molar-refractivity contribution in [1.82, 2.24) is 19.7 Å². The quantitative estimate of drug-likeness (QED) is 0.790. The monoisotopic (exact) mass is 283 g/mol. The molecule has 1 amide bonds. The van der Waals surface area contributed by atoms with Crippen molar-refractivity contribution >= 4 is 22.5 Å². The Morgan fingerprint density at radius 3 is 2.90 bits per heavy atom. The molecule has 2 aromatic heterocycles. The number of nitrogens with zero attached hydrogens (tertiary/aromatic N) is 4. The maximum atomic E-state index is 12.1. The lowest BCUT2D eigenvalue weighted by Crippen LogP contribution is -2.14. The molecule has 7 heteroatoms. The molecule has 0 fully saturated rings. The number of hydrogen-bond donors (Lipinski definition) is 1. The van der Waals surface area contributed by atoms with Gasteiger partial charge in [-0.1, -0.05) is 0 Å². The van der Waals surface area contributed by atoms with Crippen LogP contribution in [0.1, 0.15) is 10.5 Å². The van der Waals surface area contributed by atoms with Crippen LogP contribution >= 0.6 is 0 Å². The maximum Gasteiger partial charge on any atom is 0.275 e. The fourth-order valence-electron chi connectivity index (χ4n) is 2.05.